The fourth-order valence-electron chi connectivity index (χ4n) is 1.88. The van der Waals surface area contributed by atoms with E-state index in [2.05, 4.69) is 15.2 Å². The first-order chi connectivity index (χ1) is 8.20. The van der Waals surface area contributed by atoms with Gasteiger partial charge >= 0.3 is 0 Å². The van der Waals surface area contributed by atoms with Crippen molar-refractivity contribution in [3.63, 3.8) is 0 Å². The average molecular weight is 235 g/mol. The number of pyridine rings is 1. The number of carbonyl (C=O) groups excluding carboxylic acids is 1. The van der Waals surface area contributed by atoms with E-state index in [4.69, 9.17) is 4.74 Å². The number of nitrogens with zero attached hydrogens (tertiary/aromatic N) is 2. The van der Waals surface area contributed by atoms with E-state index in [0.717, 1.165) is 18.1 Å². The van der Waals surface area contributed by atoms with Crippen LogP contribution in [0.1, 0.15) is 5.69 Å². The number of hydrogen-bond acceptors (Lipinski definition) is 4. The number of nitrogens with one attached hydrogen (secondary N) is 1. The van der Waals surface area contributed by atoms with Gasteiger partial charge in [-0.3, -0.25) is 4.79 Å². The molecule has 2 rings (SSSR count). The number of ether oxygens (including phenoxy) is 1. The van der Waals surface area contributed by atoms with Crippen molar-refractivity contribution >= 4 is 11.7 Å². The van der Waals surface area contributed by atoms with Crippen LogP contribution in [0.3, 0.4) is 0 Å². The molecule has 92 valence electrons. The number of aromatic nitrogens is 1. The van der Waals surface area contributed by atoms with E-state index in [1.165, 1.54) is 0 Å². The van der Waals surface area contributed by atoms with Gasteiger partial charge in [0.05, 0.1) is 13.2 Å². The van der Waals surface area contributed by atoms with Crippen molar-refractivity contribution in [2.45, 2.75) is 13.0 Å². The van der Waals surface area contributed by atoms with E-state index in [1.54, 1.807) is 7.05 Å². The van der Waals surface area contributed by atoms with Gasteiger partial charge in [0.2, 0.25) is 0 Å². The molecule has 1 saturated heterocycles. The van der Waals surface area contributed by atoms with Crippen LogP contribution in [0.25, 0.3) is 0 Å². The summed E-state index contributed by atoms with van der Waals surface area (Å²) in [7, 11) is 1.62. The fraction of sp³-hybridized carbons (Fsp3) is 0.500. The minimum atomic E-state index is -0.406. The smallest absolute Gasteiger partial charge is 0.250 e. The van der Waals surface area contributed by atoms with Crippen LogP contribution in [0.2, 0.25) is 0 Å². The minimum absolute atomic E-state index is 0.0812. The van der Waals surface area contributed by atoms with Gasteiger partial charge in [-0.05, 0) is 19.1 Å². The number of rotatable bonds is 2. The number of amides is 1. The molecule has 17 heavy (non-hydrogen) atoms. The Kier molecular flexibility index (Phi) is 3.58. The molecular weight excluding hydrogens is 218 g/mol. The zero-order valence-electron chi connectivity index (χ0n) is 10.1. The Morgan fingerprint density at radius 1 is 1.59 bits per heavy atom. The van der Waals surface area contributed by atoms with Crippen LogP contribution in [0.5, 0.6) is 0 Å². The highest BCUT2D eigenvalue weighted by Gasteiger charge is 2.26. The molecule has 0 aliphatic carbocycles. The standard InChI is InChI=1S/C12H17N3O2/c1-9-4-3-5-11(14-9)15-6-7-17-10(8-15)12(16)13-2/h3-5,10H,6-8H2,1-2H3,(H,13,16). The van der Waals surface area contributed by atoms with Crippen LogP contribution < -0.4 is 10.2 Å². The van der Waals surface area contributed by atoms with E-state index in [9.17, 15) is 4.79 Å². The van der Waals surface area contributed by atoms with Crippen LogP contribution in [0.4, 0.5) is 5.82 Å². The molecule has 1 amide bonds. The molecule has 1 aliphatic heterocycles. The molecule has 2 heterocycles. The normalized spacial score (nSPS) is 20.1. The summed E-state index contributed by atoms with van der Waals surface area (Å²) in [4.78, 5) is 18.1. The van der Waals surface area contributed by atoms with Crippen LogP contribution in [-0.4, -0.2) is 43.7 Å². The van der Waals surface area contributed by atoms with Gasteiger partial charge in [0.25, 0.3) is 5.91 Å². The van der Waals surface area contributed by atoms with Crippen molar-refractivity contribution in [3.8, 4) is 0 Å². The van der Waals surface area contributed by atoms with Crippen molar-refractivity contribution in [3.05, 3.63) is 23.9 Å². The summed E-state index contributed by atoms with van der Waals surface area (Å²) in [5, 5.41) is 2.61. The maximum atomic E-state index is 11.5. The molecule has 0 bridgehead atoms. The summed E-state index contributed by atoms with van der Waals surface area (Å²) in [6.07, 6.45) is -0.406. The number of hydrogen-bond donors (Lipinski definition) is 1. The van der Waals surface area contributed by atoms with Crippen molar-refractivity contribution in [2.75, 3.05) is 31.6 Å². The summed E-state index contributed by atoms with van der Waals surface area (Å²) in [5.41, 5.74) is 0.977. The highest BCUT2D eigenvalue weighted by molar-refractivity contribution is 5.81. The topological polar surface area (TPSA) is 54.5 Å². The van der Waals surface area contributed by atoms with Crippen LogP contribution in [-0.2, 0) is 9.53 Å². The molecule has 1 aromatic rings. The molecule has 1 unspecified atom stereocenters. The molecule has 0 saturated carbocycles. The second-order valence-electron chi connectivity index (χ2n) is 4.06. The first kappa shape index (κ1) is 11.9. The lowest BCUT2D eigenvalue weighted by Gasteiger charge is -2.32. The molecule has 0 spiro atoms. The third-order valence-corrected chi connectivity index (χ3v) is 2.80. The van der Waals surface area contributed by atoms with E-state index >= 15 is 0 Å². The Morgan fingerprint density at radius 2 is 2.41 bits per heavy atom. The molecular formula is C12H17N3O2. The Morgan fingerprint density at radius 3 is 3.12 bits per heavy atom. The molecule has 0 radical (unpaired) electrons. The molecule has 5 nitrogen and oxygen atoms in total. The summed E-state index contributed by atoms with van der Waals surface area (Å²) < 4.78 is 5.43. The van der Waals surface area contributed by atoms with E-state index in [-0.39, 0.29) is 5.91 Å². The third-order valence-electron chi connectivity index (χ3n) is 2.80. The number of likely N-dealkylation sites (N-methyl/N-ethyl adjacent to an activating group) is 1. The Bertz CT molecular complexity index is 408. The highest BCUT2D eigenvalue weighted by atomic mass is 16.5. The lowest BCUT2D eigenvalue weighted by Crippen LogP contribution is -2.49. The van der Waals surface area contributed by atoms with Gasteiger partial charge < -0.3 is 15.0 Å². The number of carbonyl (C=O) groups is 1. The van der Waals surface area contributed by atoms with Crippen molar-refractivity contribution in [2.24, 2.45) is 0 Å². The lowest BCUT2D eigenvalue weighted by molar-refractivity contribution is -0.132. The van der Waals surface area contributed by atoms with Crippen LogP contribution in [0, 0.1) is 6.92 Å². The lowest BCUT2D eigenvalue weighted by atomic mass is 10.2. The molecule has 1 aliphatic rings. The van der Waals surface area contributed by atoms with Crippen molar-refractivity contribution in [1.29, 1.82) is 0 Å². The van der Waals surface area contributed by atoms with Gasteiger partial charge in [-0.2, -0.15) is 0 Å². The van der Waals surface area contributed by atoms with Gasteiger partial charge in [0.15, 0.2) is 6.10 Å². The fourth-order valence-corrected chi connectivity index (χ4v) is 1.88. The Labute approximate surface area is 101 Å². The summed E-state index contributed by atoms with van der Waals surface area (Å²) in [6, 6.07) is 5.89. The molecule has 0 aromatic carbocycles. The first-order valence-corrected chi connectivity index (χ1v) is 5.72. The minimum Gasteiger partial charge on any atom is -0.365 e. The molecule has 1 atom stereocenters. The zero-order valence-corrected chi connectivity index (χ0v) is 10.1. The van der Waals surface area contributed by atoms with Crippen molar-refractivity contribution in [1.82, 2.24) is 10.3 Å². The second-order valence-corrected chi connectivity index (χ2v) is 4.06. The van der Waals surface area contributed by atoms with E-state index in [1.807, 2.05) is 25.1 Å². The zero-order chi connectivity index (χ0) is 12.3. The first-order valence-electron chi connectivity index (χ1n) is 5.72. The summed E-state index contributed by atoms with van der Waals surface area (Å²) in [5.74, 6) is 0.824. The van der Waals surface area contributed by atoms with E-state index in [0.29, 0.717) is 13.2 Å². The molecule has 1 fully saturated rings. The highest BCUT2D eigenvalue weighted by Crippen LogP contribution is 2.15. The Hall–Kier alpha value is -1.62. The summed E-state index contributed by atoms with van der Waals surface area (Å²) >= 11 is 0. The third kappa shape index (κ3) is 2.74. The maximum absolute atomic E-state index is 11.5. The average Bonchev–Trinajstić information content (AvgIpc) is 2.38. The maximum Gasteiger partial charge on any atom is 0.250 e. The number of morpholine rings is 1. The van der Waals surface area contributed by atoms with Gasteiger partial charge in [-0.25, -0.2) is 4.98 Å². The largest absolute Gasteiger partial charge is 0.365 e. The Balaban J connectivity index is 2.09. The van der Waals surface area contributed by atoms with Gasteiger partial charge in [-0.15, -0.1) is 0 Å². The quantitative estimate of drug-likeness (QED) is 0.803. The molecule has 1 aromatic heterocycles. The van der Waals surface area contributed by atoms with Crippen LogP contribution in [0.15, 0.2) is 18.2 Å². The monoisotopic (exact) mass is 235 g/mol. The molecule has 1 N–H and O–H groups in total. The summed E-state index contributed by atoms with van der Waals surface area (Å²) in [6.45, 7) is 3.83. The van der Waals surface area contributed by atoms with Gasteiger partial charge in [0.1, 0.15) is 5.82 Å². The SMILES string of the molecule is CNC(=O)C1CN(c2cccc(C)n2)CCO1. The number of aryl methyl sites for hydroxylation is 1. The van der Waals surface area contributed by atoms with Crippen molar-refractivity contribution < 1.29 is 9.53 Å². The second kappa shape index (κ2) is 5.14. The van der Waals surface area contributed by atoms with Crippen LogP contribution >= 0.6 is 0 Å². The molecule has 5 heteroatoms. The predicted molar refractivity (Wildman–Crippen MR) is 65.0 cm³/mol. The van der Waals surface area contributed by atoms with Gasteiger partial charge in [0, 0.05) is 19.3 Å². The predicted octanol–water partition coefficient (Wildman–Crippen LogP) is 0.341. The number of anilines is 1. The van der Waals surface area contributed by atoms with Gasteiger partial charge in [-0.1, -0.05) is 6.07 Å². The van der Waals surface area contributed by atoms with E-state index < -0.39 is 6.10 Å².